The van der Waals surface area contributed by atoms with Crippen LogP contribution in [0.15, 0.2) is 36.4 Å². The number of carbonyl (C=O) groups excluding carboxylic acids is 1. The zero-order chi connectivity index (χ0) is 25.4. The molecule has 0 aromatic heterocycles. The molecule has 3 saturated heterocycles. The summed E-state index contributed by atoms with van der Waals surface area (Å²) in [4.78, 5) is 16.6. The van der Waals surface area contributed by atoms with Crippen molar-refractivity contribution in [2.75, 3.05) is 26.2 Å². The molecule has 1 amide bonds. The second-order valence-corrected chi connectivity index (χ2v) is 11.5. The summed E-state index contributed by atoms with van der Waals surface area (Å²) in [7, 11) is 0. The van der Waals surface area contributed by atoms with Crippen LogP contribution in [0.25, 0.3) is 11.1 Å². The first-order valence-electron chi connectivity index (χ1n) is 13.6. The Labute approximate surface area is 214 Å². The molecule has 3 aliphatic heterocycles. The number of carboxylic acid groups (broad SMARTS) is 1. The van der Waals surface area contributed by atoms with Crippen LogP contribution >= 0.6 is 0 Å². The Bertz CT molecular complexity index is 1090. The molecule has 1 aliphatic carbocycles. The van der Waals surface area contributed by atoms with Gasteiger partial charge in [-0.25, -0.2) is 4.39 Å². The van der Waals surface area contributed by atoms with Crippen molar-refractivity contribution in [3.63, 3.8) is 0 Å². The molecule has 6 rings (SSSR count). The molecule has 0 saturated carbocycles. The summed E-state index contributed by atoms with van der Waals surface area (Å²) in [5.41, 5.74) is 2.87. The largest absolute Gasteiger partial charge is 0.530 e. The average Bonchev–Trinajstić information content (AvgIpc) is 2.87. The number of amides is 1. The van der Waals surface area contributed by atoms with Gasteiger partial charge in [-0.15, -0.1) is 0 Å². The van der Waals surface area contributed by atoms with Gasteiger partial charge in [0, 0.05) is 18.2 Å². The molecule has 5 nitrogen and oxygen atoms in total. The van der Waals surface area contributed by atoms with Crippen LogP contribution in [0.4, 0.5) is 9.18 Å². The van der Waals surface area contributed by atoms with E-state index >= 15 is 4.39 Å². The molecule has 0 spiro atoms. The maximum atomic E-state index is 15.7. The van der Waals surface area contributed by atoms with Crippen LogP contribution in [0.3, 0.4) is 0 Å². The normalized spacial score (nSPS) is 26.3. The molecule has 0 radical (unpaired) electrons. The van der Waals surface area contributed by atoms with E-state index in [0.717, 1.165) is 80.6 Å². The molecule has 0 N–H and O–H groups in total. The Morgan fingerprint density at radius 2 is 1.92 bits per heavy atom. The lowest BCUT2D eigenvalue weighted by atomic mass is 9.68. The SMILES string of the molecule is CCCCOc1ccc(-c2cc3c(cc2F)[C@H](N(C(=O)[O-])[C@@H]2CN4CCC2CC4)C(C)(C)CC3)cc1. The second kappa shape index (κ2) is 10.0. The Morgan fingerprint density at radius 3 is 2.53 bits per heavy atom. The summed E-state index contributed by atoms with van der Waals surface area (Å²) in [6.45, 7) is 9.84. The van der Waals surface area contributed by atoms with Crippen molar-refractivity contribution < 1.29 is 19.0 Å². The number of nitrogens with zero attached hydrogens (tertiary/aromatic N) is 2. The van der Waals surface area contributed by atoms with Gasteiger partial charge in [0.2, 0.25) is 0 Å². The van der Waals surface area contributed by atoms with Crippen molar-refractivity contribution in [3.8, 4) is 16.9 Å². The summed E-state index contributed by atoms with van der Waals surface area (Å²) < 4.78 is 21.4. The van der Waals surface area contributed by atoms with Crippen LogP contribution in [-0.4, -0.2) is 48.2 Å². The standard InChI is InChI=1S/C30H39FN2O3/c1-4-5-16-36-23-8-6-20(7-9-23)24-17-22-10-13-30(2,3)28(25(22)18-26(24)31)33(29(34)35)27-19-32-14-11-21(27)12-15-32/h6-9,17-18,21,27-28H,4-5,10-16,19H2,1-3H3,(H,34,35)/p-1/t27-,28+/m1/s1. The first-order valence-corrected chi connectivity index (χ1v) is 13.6. The minimum atomic E-state index is -1.14. The van der Waals surface area contributed by atoms with Crippen LogP contribution in [0, 0.1) is 17.2 Å². The van der Waals surface area contributed by atoms with Crippen LogP contribution in [0.1, 0.15) is 70.0 Å². The molecule has 0 unspecified atom stereocenters. The number of halogens is 1. The number of benzene rings is 2. The minimum absolute atomic E-state index is 0.101. The van der Waals surface area contributed by atoms with Crippen molar-refractivity contribution >= 4 is 6.09 Å². The van der Waals surface area contributed by atoms with Gasteiger partial charge >= 0.3 is 0 Å². The molecular formula is C30H38FN2O3-. The van der Waals surface area contributed by atoms with Gasteiger partial charge in [-0.3, -0.25) is 0 Å². The Balaban J connectivity index is 1.48. The van der Waals surface area contributed by atoms with E-state index in [9.17, 15) is 9.90 Å². The molecule has 2 aromatic carbocycles. The molecule has 3 fully saturated rings. The highest BCUT2D eigenvalue weighted by atomic mass is 19.1. The van der Waals surface area contributed by atoms with Gasteiger partial charge < -0.3 is 24.4 Å². The van der Waals surface area contributed by atoms with Gasteiger partial charge in [0.05, 0.1) is 12.6 Å². The van der Waals surface area contributed by atoms with E-state index in [2.05, 4.69) is 25.7 Å². The predicted molar refractivity (Wildman–Crippen MR) is 137 cm³/mol. The lowest BCUT2D eigenvalue weighted by Gasteiger charge is -2.56. The van der Waals surface area contributed by atoms with Crippen LogP contribution in [0.5, 0.6) is 5.75 Å². The summed E-state index contributed by atoms with van der Waals surface area (Å²) in [6, 6.07) is 10.6. The van der Waals surface area contributed by atoms with E-state index in [1.165, 1.54) is 0 Å². The van der Waals surface area contributed by atoms with Crippen molar-refractivity contribution in [1.82, 2.24) is 9.80 Å². The number of hydrogen-bond acceptors (Lipinski definition) is 4. The fraction of sp³-hybridized carbons (Fsp3) is 0.567. The average molecular weight is 494 g/mol. The van der Waals surface area contributed by atoms with Crippen molar-refractivity contribution in [3.05, 3.63) is 53.3 Å². The highest BCUT2D eigenvalue weighted by Gasteiger charge is 2.46. The number of carbonyl (C=O) groups is 1. The summed E-state index contributed by atoms with van der Waals surface area (Å²) in [6.07, 6.45) is 4.60. The van der Waals surface area contributed by atoms with E-state index in [0.29, 0.717) is 18.1 Å². The van der Waals surface area contributed by atoms with Crippen molar-refractivity contribution in [2.24, 2.45) is 11.3 Å². The molecule has 2 aromatic rings. The third-order valence-corrected chi connectivity index (χ3v) is 8.70. The first-order chi connectivity index (χ1) is 17.3. The van der Waals surface area contributed by atoms with Gasteiger partial charge in [0.25, 0.3) is 0 Å². The monoisotopic (exact) mass is 493 g/mol. The predicted octanol–water partition coefficient (Wildman–Crippen LogP) is 5.42. The Hall–Kier alpha value is -2.60. The molecule has 6 heteroatoms. The number of aryl methyl sites for hydroxylation is 1. The Morgan fingerprint density at radius 1 is 1.19 bits per heavy atom. The molecule has 3 heterocycles. The molecule has 2 atom stereocenters. The zero-order valence-electron chi connectivity index (χ0n) is 21.8. The van der Waals surface area contributed by atoms with Gasteiger partial charge in [-0.1, -0.05) is 39.3 Å². The maximum absolute atomic E-state index is 15.7. The van der Waals surface area contributed by atoms with E-state index in [1.807, 2.05) is 30.3 Å². The number of hydrogen-bond donors (Lipinski definition) is 0. The number of ether oxygens (including phenoxy) is 1. The zero-order valence-corrected chi connectivity index (χ0v) is 21.8. The van der Waals surface area contributed by atoms with Crippen LogP contribution < -0.4 is 9.84 Å². The number of rotatable bonds is 7. The third kappa shape index (κ3) is 4.72. The molecule has 194 valence electrons. The highest BCUT2D eigenvalue weighted by molar-refractivity contribution is 5.68. The summed E-state index contributed by atoms with van der Waals surface area (Å²) in [5, 5.41) is 12.7. The number of piperidine rings is 3. The quantitative estimate of drug-likeness (QED) is 0.483. The molecule has 4 aliphatic rings. The maximum Gasteiger partial charge on any atom is 0.137 e. The third-order valence-electron chi connectivity index (χ3n) is 8.70. The van der Waals surface area contributed by atoms with Gasteiger partial charge in [0.15, 0.2) is 0 Å². The van der Waals surface area contributed by atoms with Gasteiger partial charge in [0.1, 0.15) is 17.7 Å². The fourth-order valence-corrected chi connectivity index (χ4v) is 6.61. The summed E-state index contributed by atoms with van der Waals surface area (Å²) >= 11 is 0. The van der Waals surface area contributed by atoms with Crippen molar-refractivity contribution in [1.29, 1.82) is 0 Å². The number of unbranched alkanes of at least 4 members (excludes halogenated alkanes) is 1. The van der Waals surface area contributed by atoms with E-state index in [1.54, 1.807) is 11.0 Å². The molecule has 2 bridgehead atoms. The lowest BCUT2D eigenvalue weighted by Crippen LogP contribution is -2.63. The van der Waals surface area contributed by atoms with E-state index in [-0.39, 0.29) is 17.3 Å². The van der Waals surface area contributed by atoms with E-state index < -0.39 is 12.1 Å². The highest BCUT2D eigenvalue weighted by Crippen LogP contribution is 2.50. The Kier molecular flexibility index (Phi) is 6.99. The molecular weight excluding hydrogens is 455 g/mol. The second-order valence-electron chi connectivity index (χ2n) is 11.5. The smallest absolute Gasteiger partial charge is 0.137 e. The van der Waals surface area contributed by atoms with Crippen LogP contribution in [0.2, 0.25) is 0 Å². The van der Waals surface area contributed by atoms with Crippen molar-refractivity contribution in [2.45, 2.75) is 71.4 Å². The topological polar surface area (TPSA) is 55.8 Å². The summed E-state index contributed by atoms with van der Waals surface area (Å²) in [5.74, 6) is 0.814. The number of fused-ring (bicyclic) bond motifs is 4. The van der Waals surface area contributed by atoms with Gasteiger partial charge in [-0.05, 0) is 97.5 Å². The minimum Gasteiger partial charge on any atom is -0.530 e. The van der Waals surface area contributed by atoms with Gasteiger partial charge in [-0.2, -0.15) is 0 Å². The molecule has 36 heavy (non-hydrogen) atoms. The van der Waals surface area contributed by atoms with Crippen LogP contribution in [-0.2, 0) is 6.42 Å². The lowest BCUT2D eigenvalue weighted by molar-refractivity contribution is -0.277. The fourth-order valence-electron chi connectivity index (χ4n) is 6.61. The van der Waals surface area contributed by atoms with E-state index in [4.69, 9.17) is 4.74 Å². The first kappa shape index (κ1) is 25.1.